The van der Waals surface area contributed by atoms with Gasteiger partial charge in [0, 0.05) is 18.1 Å². The van der Waals surface area contributed by atoms with Crippen molar-refractivity contribution in [3.63, 3.8) is 0 Å². The molecule has 1 aromatic carbocycles. The maximum absolute atomic E-state index is 12.1. The number of aromatic nitrogens is 2. The summed E-state index contributed by atoms with van der Waals surface area (Å²) in [7, 11) is 0. The lowest BCUT2D eigenvalue weighted by Crippen LogP contribution is -2.29. The molecule has 0 amide bonds. The number of ether oxygens (including phenoxy) is 1. The monoisotopic (exact) mass is 352 g/mol. The standard InChI is InChI=1S/C21H24N2O3/c1-15-5-6-17(10-9-16-7-8-16)12-18(15)13-20-22-23(21(24)26-20)14-19-4-2-3-11-25-19/h5-6,12,16,19H,2-4,7-8,11,13-14H2,1H3. The molecule has 1 saturated carbocycles. The Morgan fingerprint density at radius 3 is 2.92 bits per heavy atom. The minimum absolute atomic E-state index is 0.0576. The highest BCUT2D eigenvalue weighted by atomic mass is 16.5. The molecule has 2 aliphatic rings. The van der Waals surface area contributed by atoms with Gasteiger partial charge in [0.15, 0.2) is 0 Å². The zero-order valence-corrected chi connectivity index (χ0v) is 15.2. The molecule has 136 valence electrons. The Balaban J connectivity index is 1.48. The molecule has 26 heavy (non-hydrogen) atoms. The van der Waals surface area contributed by atoms with E-state index in [-0.39, 0.29) is 6.10 Å². The summed E-state index contributed by atoms with van der Waals surface area (Å²) in [4.78, 5) is 12.1. The van der Waals surface area contributed by atoms with E-state index in [1.54, 1.807) is 0 Å². The average molecular weight is 352 g/mol. The Bertz CT molecular complexity index is 890. The van der Waals surface area contributed by atoms with Crippen LogP contribution in [0.2, 0.25) is 0 Å². The van der Waals surface area contributed by atoms with Crippen LogP contribution in [0, 0.1) is 24.7 Å². The Hall–Kier alpha value is -2.32. The molecule has 2 fully saturated rings. The largest absolute Gasteiger partial charge is 0.437 e. The van der Waals surface area contributed by atoms with Gasteiger partial charge in [0.25, 0.3) is 0 Å². The van der Waals surface area contributed by atoms with E-state index in [1.165, 1.54) is 17.5 Å². The van der Waals surface area contributed by atoms with E-state index in [4.69, 9.17) is 9.15 Å². The highest BCUT2D eigenvalue weighted by Gasteiger charge is 2.19. The van der Waals surface area contributed by atoms with Crippen LogP contribution in [-0.4, -0.2) is 22.5 Å². The topological polar surface area (TPSA) is 57.3 Å². The second-order valence-corrected chi connectivity index (χ2v) is 7.29. The highest BCUT2D eigenvalue weighted by Crippen LogP contribution is 2.27. The van der Waals surface area contributed by atoms with E-state index >= 15 is 0 Å². The SMILES string of the molecule is Cc1ccc(C#CC2CC2)cc1Cc1nn(CC2CCCCO2)c(=O)o1. The van der Waals surface area contributed by atoms with Crippen molar-refractivity contribution in [3.8, 4) is 11.8 Å². The van der Waals surface area contributed by atoms with Crippen molar-refractivity contribution in [2.24, 2.45) is 5.92 Å². The first-order valence-corrected chi connectivity index (χ1v) is 9.47. The lowest BCUT2D eigenvalue weighted by molar-refractivity contribution is 0.00293. The van der Waals surface area contributed by atoms with Gasteiger partial charge in [0.1, 0.15) is 0 Å². The second-order valence-electron chi connectivity index (χ2n) is 7.29. The van der Waals surface area contributed by atoms with Gasteiger partial charge in [-0.1, -0.05) is 17.9 Å². The molecule has 1 aromatic heterocycles. The number of benzene rings is 1. The summed E-state index contributed by atoms with van der Waals surface area (Å²) in [5.74, 6) is 7.15. The normalized spacial score (nSPS) is 19.8. The van der Waals surface area contributed by atoms with Gasteiger partial charge in [0.2, 0.25) is 5.89 Å². The Labute approximate surface area is 153 Å². The zero-order chi connectivity index (χ0) is 17.9. The molecule has 2 aromatic rings. The van der Waals surface area contributed by atoms with Crippen LogP contribution in [0.3, 0.4) is 0 Å². The molecule has 0 N–H and O–H groups in total. The summed E-state index contributed by atoms with van der Waals surface area (Å²) in [6.45, 7) is 3.28. The average Bonchev–Trinajstić information content (AvgIpc) is 3.41. The van der Waals surface area contributed by atoms with Crippen molar-refractivity contribution >= 4 is 0 Å². The quantitative estimate of drug-likeness (QED) is 0.794. The van der Waals surface area contributed by atoms with Gasteiger partial charge in [-0.3, -0.25) is 0 Å². The summed E-state index contributed by atoms with van der Waals surface area (Å²) < 4.78 is 12.5. The van der Waals surface area contributed by atoms with Crippen LogP contribution in [0.15, 0.2) is 27.4 Å². The fourth-order valence-electron chi connectivity index (χ4n) is 3.20. The molecule has 5 nitrogen and oxygen atoms in total. The summed E-state index contributed by atoms with van der Waals surface area (Å²) in [6.07, 6.45) is 6.20. The van der Waals surface area contributed by atoms with Crippen molar-refractivity contribution < 1.29 is 9.15 Å². The van der Waals surface area contributed by atoms with E-state index in [1.807, 2.05) is 6.07 Å². The molecule has 5 heteroatoms. The molecule has 1 unspecified atom stereocenters. The maximum atomic E-state index is 12.1. The van der Waals surface area contributed by atoms with E-state index in [2.05, 4.69) is 36.0 Å². The molecule has 0 spiro atoms. The van der Waals surface area contributed by atoms with Crippen molar-refractivity contribution in [1.29, 1.82) is 0 Å². The fourth-order valence-corrected chi connectivity index (χ4v) is 3.20. The summed E-state index contributed by atoms with van der Waals surface area (Å²) in [6, 6.07) is 6.19. The Morgan fingerprint density at radius 2 is 2.15 bits per heavy atom. The maximum Gasteiger partial charge on any atom is 0.437 e. The molecule has 4 rings (SSSR count). The molecule has 0 radical (unpaired) electrons. The highest BCUT2D eigenvalue weighted by molar-refractivity contribution is 5.42. The fraction of sp³-hybridized carbons (Fsp3) is 0.524. The zero-order valence-electron chi connectivity index (χ0n) is 15.2. The first kappa shape index (κ1) is 17.1. The van der Waals surface area contributed by atoms with Gasteiger partial charge in [-0.2, -0.15) is 4.68 Å². The molecule has 1 saturated heterocycles. The van der Waals surface area contributed by atoms with Gasteiger partial charge in [0.05, 0.1) is 19.1 Å². The van der Waals surface area contributed by atoms with Gasteiger partial charge in [-0.05, 0) is 62.3 Å². The van der Waals surface area contributed by atoms with E-state index < -0.39 is 5.76 Å². The third kappa shape index (κ3) is 4.25. The predicted octanol–water partition coefficient (Wildman–Crippen LogP) is 3.07. The lowest BCUT2D eigenvalue weighted by atomic mass is 10.0. The minimum Gasteiger partial charge on any atom is -0.392 e. The van der Waals surface area contributed by atoms with Crippen molar-refractivity contribution in [2.75, 3.05) is 6.61 Å². The third-order valence-electron chi connectivity index (χ3n) is 4.99. The summed E-state index contributed by atoms with van der Waals surface area (Å²) in [5, 5.41) is 4.38. The molecule has 0 bridgehead atoms. The molecule has 1 aliphatic carbocycles. The number of rotatable bonds is 4. The van der Waals surface area contributed by atoms with Crippen LogP contribution in [0.1, 0.15) is 54.7 Å². The molecular formula is C21H24N2O3. The number of hydrogen-bond acceptors (Lipinski definition) is 4. The lowest BCUT2D eigenvalue weighted by Gasteiger charge is -2.21. The van der Waals surface area contributed by atoms with E-state index in [0.717, 1.165) is 42.6 Å². The smallest absolute Gasteiger partial charge is 0.392 e. The Morgan fingerprint density at radius 1 is 1.27 bits per heavy atom. The Kier molecular flexibility index (Phi) is 4.94. The van der Waals surface area contributed by atoms with Gasteiger partial charge in [-0.15, -0.1) is 5.10 Å². The first-order valence-electron chi connectivity index (χ1n) is 9.47. The van der Waals surface area contributed by atoms with Crippen LogP contribution in [0.25, 0.3) is 0 Å². The minimum atomic E-state index is -0.406. The van der Waals surface area contributed by atoms with Crippen LogP contribution in [0.4, 0.5) is 0 Å². The summed E-state index contributed by atoms with van der Waals surface area (Å²) >= 11 is 0. The number of hydrogen-bond donors (Lipinski definition) is 0. The van der Waals surface area contributed by atoms with Crippen LogP contribution in [-0.2, 0) is 17.7 Å². The van der Waals surface area contributed by atoms with Crippen molar-refractivity contribution in [2.45, 2.75) is 58.1 Å². The second kappa shape index (κ2) is 7.51. The molecule has 1 aliphatic heterocycles. The number of nitrogens with zero attached hydrogens (tertiary/aromatic N) is 2. The molecule has 2 heterocycles. The van der Waals surface area contributed by atoms with E-state index in [0.29, 0.717) is 24.8 Å². The first-order chi connectivity index (χ1) is 12.7. The van der Waals surface area contributed by atoms with Crippen LogP contribution < -0.4 is 5.76 Å². The van der Waals surface area contributed by atoms with Crippen molar-refractivity contribution in [3.05, 3.63) is 51.3 Å². The number of aryl methyl sites for hydroxylation is 1. The van der Waals surface area contributed by atoms with E-state index in [9.17, 15) is 4.79 Å². The van der Waals surface area contributed by atoms with Crippen LogP contribution in [0.5, 0.6) is 0 Å². The van der Waals surface area contributed by atoms with Crippen LogP contribution >= 0.6 is 0 Å². The summed E-state index contributed by atoms with van der Waals surface area (Å²) in [5.41, 5.74) is 3.25. The predicted molar refractivity (Wildman–Crippen MR) is 97.9 cm³/mol. The third-order valence-corrected chi connectivity index (χ3v) is 4.99. The molecular weight excluding hydrogens is 328 g/mol. The van der Waals surface area contributed by atoms with Gasteiger partial charge < -0.3 is 9.15 Å². The molecule has 1 atom stereocenters. The van der Waals surface area contributed by atoms with Gasteiger partial charge in [-0.25, -0.2) is 4.79 Å². The van der Waals surface area contributed by atoms with Gasteiger partial charge >= 0.3 is 5.76 Å². The van der Waals surface area contributed by atoms with Crippen molar-refractivity contribution in [1.82, 2.24) is 9.78 Å².